The monoisotopic (exact) mass is 334 g/mol. The van der Waals surface area contributed by atoms with E-state index in [1.165, 1.54) is 12.0 Å². The third kappa shape index (κ3) is 2.73. The van der Waals surface area contributed by atoms with E-state index in [9.17, 15) is 8.42 Å². The predicted molar refractivity (Wildman–Crippen MR) is 91.4 cm³/mol. The van der Waals surface area contributed by atoms with E-state index in [-0.39, 0.29) is 11.8 Å². The Balaban J connectivity index is 1.51. The lowest BCUT2D eigenvalue weighted by atomic mass is 9.68. The maximum Gasteiger partial charge on any atom is 0.214 e. The Kier molecular flexibility index (Phi) is 3.98. The van der Waals surface area contributed by atoms with Crippen molar-refractivity contribution >= 4 is 10.0 Å². The molecule has 4 fully saturated rings. The highest BCUT2D eigenvalue weighted by Gasteiger charge is 2.53. The maximum absolute atomic E-state index is 12.4. The molecule has 1 aromatic carbocycles. The van der Waals surface area contributed by atoms with Gasteiger partial charge >= 0.3 is 0 Å². The van der Waals surface area contributed by atoms with Gasteiger partial charge in [-0.2, -0.15) is 4.31 Å². The highest BCUT2D eigenvalue weighted by atomic mass is 32.2. The van der Waals surface area contributed by atoms with Crippen molar-refractivity contribution in [3.63, 3.8) is 0 Å². The minimum Gasteiger partial charge on any atom is -0.298 e. The van der Waals surface area contributed by atoms with Crippen molar-refractivity contribution in [1.29, 1.82) is 0 Å². The fraction of sp³-hybridized carbons (Fsp3) is 0.667. The van der Waals surface area contributed by atoms with Gasteiger partial charge in [-0.3, -0.25) is 4.90 Å². The first kappa shape index (κ1) is 15.6. The van der Waals surface area contributed by atoms with Crippen molar-refractivity contribution in [2.45, 2.75) is 32.4 Å². The van der Waals surface area contributed by atoms with Crippen molar-refractivity contribution in [3.8, 4) is 0 Å². The Morgan fingerprint density at radius 1 is 1.04 bits per heavy atom. The number of sulfonamides is 1. The molecule has 4 atom stereocenters. The van der Waals surface area contributed by atoms with Crippen molar-refractivity contribution in [2.75, 3.05) is 25.4 Å². The number of hydrogen-bond donors (Lipinski definition) is 0. The van der Waals surface area contributed by atoms with Gasteiger partial charge in [-0.1, -0.05) is 30.3 Å². The molecule has 1 saturated carbocycles. The molecule has 126 valence electrons. The molecule has 23 heavy (non-hydrogen) atoms. The molecule has 4 unspecified atom stereocenters. The molecule has 4 aliphatic rings. The average molecular weight is 334 g/mol. The smallest absolute Gasteiger partial charge is 0.214 e. The van der Waals surface area contributed by atoms with Crippen LogP contribution in [-0.4, -0.2) is 49.1 Å². The normalized spacial score (nSPS) is 34.7. The Morgan fingerprint density at radius 3 is 2.52 bits per heavy atom. The molecule has 1 aromatic rings. The van der Waals surface area contributed by atoms with Gasteiger partial charge in [-0.25, -0.2) is 8.42 Å². The first-order chi connectivity index (χ1) is 11.1. The maximum atomic E-state index is 12.4. The molecule has 0 N–H and O–H groups in total. The first-order valence-corrected chi connectivity index (χ1v) is 10.4. The van der Waals surface area contributed by atoms with Crippen LogP contribution in [0.25, 0.3) is 0 Å². The summed E-state index contributed by atoms with van der Waals surface area (Å²) in [6.07, 6.45) is 2.27. The lowest BCUT2D eigenvalue weighted by Crippen LogP contribution is -2.59. The van der Waals surface area contributed by atoms with Crippen LogP contribution < -0.4 is 0 Å². The largest absolute Gasteiger partial charge is 0.298 e. The van der Waals surface area contributed by atoms with Crippen molar-refractivity contribution in [2.24, 2.45) is 17.8 Å². The summed E-state index contributed by atoms with van der Waals surface area (Å²) in [4.78, 5) is 2.54. The molecule has 2 bridgehead atoms. The zero-order valence-electron chi connectivity index (χ0n) is 13.8. The molecule has 4 nitrogen and oxygen atoms in total. The Hall–Kier alpha value is -0.910. The standard InChI is InChI=1S/C18H26N2O2S/c1-2-23(21,22)20-11-15-8-9-18(20)17-13-19(12-16(15)17)10-14-6-4-3-5-7-14/h3-7,15-18H,2,8-13H2,1H3. The number of rotatable bonds is 4. The Labute approximate surface area is 139 Å². The van der Waals surface area contributed by atoms with Gasteiger partial charge in [0.15, 0.2) is 0 Å². The second-order valence-corrected chi connectivity index (χ2v) is 9.59. The lowest BCUT2D eigenvalue weighted by molar-refractivity contribution is 0.0266. The topological polar surface area (TPSA) is 40.6 Å². The molecule has 0 radical (unpaired) electrons. The second-order valence-electron chi connectivity index (χ2n) is 7.38. The fourth-order valence-corrected chi connectivity index (χ4v) is 6.49. The van der Waals surface area contributed by atoms with Crippen LogP contribution in [0.5, 0.6) is 0 Å². The van der Waals surface area contributed by atoms with Crippen LogP contribution in [0.15, 0.2) is 30.3 Å². The molecule has 1 aliphatic carbocycles. The van der Waals surface area contributed by atoms with E-state index in [1.54, 1.807) is 6.92 Å². The van der Waals surface area contributed by atoms with Crippen molar-refractivity contribution in [1.82, 2.24) is 9.21 Å². The summed E-state index contributed by atoms with van der Waals surface area (Å²) in [5.74, 6) is 2.03. The summed E-state index contributed by atoms with van der Waals surface area (Å²) in [7, 11) is -3.05. The number of fused-ring (bicyclic) bond motifs is 2. The first-order valence-electron chi connectivity index (χ1n) is 8.84. The van der Waals surface area contributed by atoms with Gasteiger partial charge in [-0.05, 0) is 43.1 Å². The van der Waals surface area contributed by atoms with E-state index in [0.717, 1.165) is 32.6 Å². The number of hydrogen-bond acceptors (Lipinski definition) is 3. The van der Waals surface area contributed by atoms with Crippen LogP contribution in [0, 0.1) is 17.8 Å². The van der Waals surface area contributed by atoms with E-state index in [1.807, 2.05) is 4.31 Å². The molecule has 3 heterocycles. The van der Waals surface area contributed by atoms with E-state index in [2.05, 4.69) is 35.2 Å². The number of likely N-dealkylation sites (tertiary alicyclic amines) is 1. The van der Waals surface area contributed by atoms with Gasteiger partial charge in [0.05, 0.1) is 5.75 Å². The lowest BCUT2D eigenvalue weighted by Gasteiger charge is -2.51. The van der Waals surface area contributed by atoms with Gasteiger partial charge in [0, 0.05) is 32.2 Å². The second kappa shape index (κ2) is 5.87. The third-order valence-corrected chi connectivity index (χ3v) is 8.04. The summed E-state index contributed by atoms with van der Waals surface area (Å²) in [5, 5.41) is 0. The predicted octanol–water partition coefficient (Wildman–Crippen LogP) is 2.18. The van der Waals surface area contributed by atoms with Gasteiger partial charge in [0.1, 0.15) is 0 Å². The molecule has 0 spiro atoms. The SMILES string of the molecule is CCS(=O)(=O)N1CC2CCC1C1CN(Cc3ccccc3)CC21. The summed E-state index contributed by atoms with van der Waals surface area (Å²) < 4.78 is 26.7. The molecule has 0 aromatic heterocycles. The molecular formula is C18H26N2O2S. The van der Waals surface area contributed by atoms with Gasteiger partial charge < -0.3 is 0 Å². The number of nitrogens with zero attached hydrogens (tertiary/aromatic N) is 2. The molecule has 5 heteroatoms. The number of piperidine rings is 2. The molecule has 3 aliphatic heterocycles. The summed E-state index contributed by atoms with van der Waals surface area (Å²) in [5.41, 5.74) is 1.36. The molecule has 5 rings (SSSR count). The number of benzene rings is 1. The molecule has 3 saturated heterocycles. The minimum absolute atomic E-state index is 0.237. The van der Waals surface area contributed by atoms with Crippen molar-refractivity contribution in [3.05, 3.63) is 35.9 Å². The summed E-state index contributed by atoms with van der Waals surface area (Å²) in [6.45, 7) is 5.72. The highest BCUT2D eigenvalue weighted by molar-refractivity contribution is 7.89. The fourth-order valence-electron chi connectivity index (χ4n) is 5.07. The highest BCUT2D eigenvalue weighted by Crippen LogP contribution is 2.48. The van der Waals surface area contributed by atoms with Gasteiger partial charge in [0.25, 0.3) is 0 Å². The zero-order valence-corrected chi connectivity index (χ0v) is 14.6. The van der Waals surface area contributed by atoms with Crippen LogP contribution in [0.3, 0.4) is 0 Å². The Bertz CT molecular complexity index is 661. The third-order valence-electron chi connectivity index (χ3n) is 6.18. The van der Waals surface area contributed by atoms with Crippen LogP contribution in [-0.2, 0) is 16.6 Å². The van der Waals surface area contributed by atoms with E-state index >= 15 is 0 Å². The van der Waals surface area contributed by atoms with E-state index in [4.69, 9.17) is 0 Å². The van der Waals surface area contributed by atoms with Crippen LogP contribution in [0.2, 0.25) is 0 Å². The van der Waals surface area contributed by atoms with Gasteiger partial charge in [0.2, 0.25) is 10.0 Å². The zero-order chi connectivity index (χ0) is 16.0. The minimum atomic E-state index is -3.05. The van der Waals surface area contributed by atoms with E-state index in [0.29, 0.717) is 17.8 Å². The average Bonchev–Trinajstić information content (AvgIpc) is 3.01. The molecule has 0 amide bonds. The van der Waals surface area contributed by atoms with Crippen LogP contribution in [0.1, 0.15) is 25.3 Å². The van der Waals surface area contributed by atoms with Gasteiger partial charge in [-0.15, -0.1) is 0 Å². The van der Waals surface area contributed by atoms with Crippen LogP contribution >= 0.6 is 0 Å². The van der Waals surface area contributed by atoms with Crippen LogP contribution in [0.4, 0.5) is 0 Å². The Morgan fingerprint density at radius 2 is 1.78 bits per heavy atom. The summed E-state index contributed by atoms with van der Waals surface area (Å²) in [6, 6.07) is 10.9. The quantitative estimate of drug-likeness (QED) is 0.847. The molecular weight excluding hydrogens is 308 g/mol. The van der Waals surface area contributed by atoms with Crippen molar-refractivity contribution < 1.29 is 8.42 Å². The summed E-state index contributed by atoms with van der Waals surface area (Å²) >= 11 is 0. The van der Waals surface area contributed by atoms with E-state index < -0.39 is 10.0 Å².